The summed E-state index contributed by atoms with van der Waals surface area (Å²) in [5.41, 5.74) is -0.782. The van der Waals surface area contributed by atoms with Gasteiger partial charge in [-0.05, 0) is 19.1 Å². The van der Waals surface area contributed by atoms with Crippen molar-refractivity contribution in [1.29, 1.82) is 0 Å². The average molecular weight is 218 g/mol. The Morgan fingerprint density at radius 2 is 2.00 bits per heavy atom. The summed E-state index contributed by atoms with van der Waals surface area (Å²) in [6, 6.07) is 1.54. The van der Waals surface area contributed by atoms with Gasteiger partial charge in [0.25, 0.3) is 6.43 Å². The van der Waals surface area contributed by atoms with E-state index in [0.717, 1.165) is 20.1 Å². The molecule has 0 heterocycles. The number of ether oxygens (including phenoxy) is 1. The van der Waals surface area contributed by atoms with E-state index in [4.69, 9.17) is 0 Å². The Labute approximate surface area is 84.7 Å². The largest absolute Gasteiger partial charge is 0.495 e. The molecule has 0 fully saturated rings. The molecule has 0 aliphatic heterocycles. The molecule has 0 aliphatic carbocycles. The van der Waals surface area contributed by atoms with Crippen molar-refractivity contribution in [3.05, 3.63) is 29.1 Å². The quantitative estimate of drug-likeness (QED) is 0.729. The summed E-state index contributed by atoms with van der Waals surface area (Å²) in [5.74, 6) is -1.66. The highest BCUT2D eigenvalue weighted by Crippen LogP contribution is 2.33. The molecule has 0 saturated heterocycles. The van der Waals surface area contributed by atoms with Crippen LogP contribution in [0.1, 0.15) is 29.3 Å². The van der Waals surface area contributed by atoms with Crippen molar-refractivity contribution in [3.63, 3.8) is 0 Å². The van der Waals surface area contributed by atoms with Crippen LogP contribution in [0, 0.1) is 5.82 Å². The fourth-order valence-electron chi connectivity index (χ4n) is 1.27. The van der Waals surface area contributed by atoms with Crippen LogP contribution in [0.25, 0.3) is 0 Å². The zero-order valence-corrected chi connectivity index (χ0v) is 8.18. The van der Waals surface area contributed by atoms with Crippen LogP contribution in [-0.2, 0) is 0 Å². The van der Waals surface area contributed by atoms with Crippen LogP contribution in [0.2, 0.25) is 0 Å². The number of Topliss-reactive ketones (excluding diaryl/α,β-unsaturated/α-hetero) is 1. The van der Waals surface area contributed by atoms with Gasteiger partial charge in [0.2, 0.25) is 0 Å². The van der Waals surface area contributed by atoms with Gasteiger partial charge >= 0.3 is 0 Å². The molecule has 0 radical (unpaired) electrons. The van der Waals surface area contributed by atoms with E-state index in [1.54, 1.807) is 0 Å². The molecule has 0 amide bonds. The average Bonchev–Trinajstić information content (AvgIpc) is 2.16. The van der Waals surface area contributed by atoms with Crippen LogP contribution in [0.3, 0.4) is 0 Å². The van der Waals surface area contributed by atoms with E-state index in [2.05, 4.69) is 4.74 Å². The van der Waals surface area contributed by atoms with Crippen LogP contribution in [-0.4, -0.2) is 12.9 Å². The third kappa shape index (κ3) is 2.29. The Hall–Kier alpha value is -1.52. The van der Waals surface area contributed by atoms with Crippen LogP contribution < -0.4 is 4.74 Å². The Morgan fingerprint density at radius 3 is 2.40 bits per heavy atom. The van der Waals surface area contributed by atoms with Crippen molar-refractivity contribution in [1.82, 2.24) is 0 Å². The van der Waals surface area contributed by atoms with Gasteiger partial charge in [0, 0.05) is 0 Å². The van der Waals surface area contributed by atoms with Crippen LogP contribution in [0.5, 0.6) is 5.75 Å². The van der Waals surface area contributed by atoms with Crippen molar-refractivity contribution < 1.29 is 22.7 Å². The molecule has 0 N–H and O–H groups in total. The van der Waals surface area contributed by atoms with E-state index in [0.29, 0.717) is 6.07 Å². The van der Waals surface area contributed by atoms with Gasteiger partial charge in [-0.3, -0.25) is 4.79 Å². The normalized spacial score (nSPS) is 10.5. The number of rotatable bonds is 3. The van der Waals surface area contributed by atoms with E-state index < -0.39 is 23.6 Å². The molecule has 15 heavy (non-hydrogen) atoms. The van der Waals surface area contributed by atoms with E-state index in [-0.39, 0.29) is 11.3 Å². The third-order valence-corrected chi connectivity index (χ3v) is 1.90. The number of carbonyl (C=O) groups excluding carboxylic acids is 1. The van der Waals surface area contributed by atoms with Crippen molar-refractivity contribution in [2.75, 3.05) is 7.11 Å². The lowest BCUT2D eigenvalue weighted by Gasteiger charge is -2.11. The van der Waals surface area contributed by atoms with Gasteiger partial charge in [0.1, 0.15) is 11.6 Å². The summed E-state index contributed by atoms with van der Waals surface area (Å²) in [7, 11) is 1.16. The highest BCUT2D eigenvalue weighted by atomic mass is 19.3. The molecule has 0 atom stereocenters. The number of ketones is 1. The molecule has 0 bridgehead atoms. The summed E-state index contributed by atoms with van der Waals surface area (Å²) in [5, 5.41) is 0. The molecular formula is C10H9F3O2. The molecule has 0 spiro atoms. The second-order valence-electron chi connectivity index (χ2n) is 2.93. The highest BCUT2D eigenvalue weighted by molar-refractivity contribution is 5.97. The first-order chi connectivity index (χ1) is 6.97. The van der Waals surface area contributed by atoms with Crippen LogP contribution in [0.15, 0.2) is 12.1 Å². The van der Waals surface area contributed by atoms with Gasteiger partial charge in [-0.25, -0.2) is 13.2 Å². The Kier molecular flexibility index (Phi) is 3.34. The molecule has 1 rings (SSSR count). The van der Waals surface area contributed by atoms with E-state index >= 15 is 0 Å². The maximum Gasteiger partial charge on any atom is 0.267 e. The predicted molar refractivity (Wildman–Crippen MR) is 47.9 cm³/mol. The zero-order chi connectivity index (χ0) is 11.6. The van der Waals surface area contributed by atoms with Crippen molar-refractivity contribution in [3.8, 4) is 5.75 Å². The van der Waals surface area contributed by atoms with Gasteiger partial charge in [-0.15, -0.1) is 0 Å². The number of carbonyl (C=O) groups is 1. The van der Waals surface area contributed by atoms with Gasteiger partial charge in [0.15, 0.2) is 5.78 Å². The molecule has 2 nitrogen and oxygen atoms in total. The van der Waals surface area contributed by atoms with E-state index in [9.17, 15) is 18.0 Å². The fourth-order valence-corrected chi connectivity index (χ4v) is 1.27. The number of benzene rings is 1. The summed E-state index contributed by atoms with van der Waals surface area (Å²) in [6.45, 7) is 1.16. The lowest BCUT2D eigenvalue weighted by atomic mass is 10.1. The van der Waals surface area contributed by atoms with Gasteiger partial charge in [0.05, 0.1) is 18.2 Å². The minimum Gasteiger partial charge on any atom is -0.495 e. The standard InChI is InChI=1S/C10H9F3O2/c1-5(14)7-3-6(11)4-8(10(12)13)9(7)15-2/h3-4,10H,1-2H3. The lowest BCUT2D eigenvalue weighted by Crippen LogP contribution is -2.03. The lowest BCUT2D eigenvalue weighted by molar-refractivity contribution is 0.101. The molecular weight excluding hydrogens is 209 g/mol. The first kappa shape index (κ1) is 11.6. The first-order valence-corrected chi connectivity index (χ1v) is 4.14. The summed E-state index contributed by atoms with van der Waals surface area (Å²) in [6.07, 6.45) is -2.88. The Morgan fingerprint density at radius 1 is 1.40 bits per heavy atom. The van der Waals surface area contributed by atoms with E-state index in [1.807, 2.05) is 0 Å². The highest BCUT2D eigenvalue weighted by Gasteiger charge is 2.20. The molecule has 0 unspecified atom stereocenters. The maximum atomic E-state index is 12.9. The van der Waals surface area contributed by atoms with E-state index in [1.165, 1.54) is 0 Å². The minimum atomic E-state index is -2.88. The topological polar surface area (TPSA) is 26.3 Å². The van der Waals surface area contributed by atoms with Crippen molar-refractivity contribution in [2.24, 2.45) is 0 Å². The third-order valence-electron chi connectivity index (χ3n) is 1.90. The number of hydrogen-bond donors (Lipinski definition) is 0. The second-order valence-corrected chi connectivity index (χ2v) is 2.93. The second kappa shape index (κ2) is 4.33. The predicted octanol–water partition coefficient (Wildman–Crippen LogP) is 2.97. The van der Waals surface area contributed by atoms with Crippen molar-refractivity contribution >= 4 is 5.78 Å². The summed E-state index contributed by atoms with van der Waals surface area (Å²) < 4.78 is 42.6. The monoisotopic (exact) mass is 218 g/mol. The van der Waals surface area contributed by atoms with Crippen LogP contribution in [0.4, 0.5) is 13.2 Å². The molecule has 0 aromatic heterocycles. The zero-order valence-electron chi connectivity index (χ0n) is 8.18. The fraction of sp³-hybridized carbons (Fsp3) is 0.300. The Balaban J connectivity index is 3.45. The SMILES string of the molecule is COc1c(C(C)=O)cc(F)cc1C(F)F. The summed E-state index contributed by atoms with van der Waals surface area (Å²) in [4.78, 5) is 11.1. The molecule has 0 aliphatic rings. The first-order valence-electron chi connectivity index (χ1n) is 4.14. The molecule has 5 heteroatoms. The van der Waals surface area contributed by atoms with Gasteiger partial charge in [-0.1, -0.05) is 0 Å². The number of methoxy groups -OCH3 is 1. The molecule has 1 aromatic carbocycles. The smallest absolute Gasteiger partial charge is 0.267 e. The maximum absolute atomic E-state index is 12.9. The summed E-state index contributed by atoms with van der Waals surface area (Å²) >= 11 is 0. The van der Waals surface area contributed by atoms with Gasteiger partial charge in [-0.2, -0.15) is 0 Å². The van der Waals surface area contributed by atoms with Crippen LogP contribution >= 0.6 is 0 Å². The minimum absolute atomic E-state index is 0.173. The molecule has 82 valence electrons. The molecule has 0 saturated carbocycles. The van der Waals surface area contributed by atoms with Crippen molar-refractivity contribution in [2.45, 2.75) is 13.3 Å². The van der Waals surface area contributed by atoms with Gasteiger partial charge < -0.3 is 4.74 Å². The molecule has 1 aromatic rings. The Bertz CT molecular complexity index is 388. The number of hydrogen-bond acceptors (Lipinski definition) is 2. The number of alkyl halides is 2. The number of halogens is 3.